The molecule has 0 fully saturated rings. The Labute approximate surface area is 148 Å². The third-order valence-electron chi connectivity index (χ3n) is 3.73. The highest BCUT2D eigenvalue weighted by Gasteiger charge is 2.05. The van der Waals surface area contributed by atoms with Gasteiger partial charge in [-0.3, -0.25) is 4.79 Å². The van der Waals surface area contributed by atoms with Gasteiger partial charge in [0.05, 0.1) is 27.9 Å². The number of hydrogen-bond donors (Lipinski definition) is 2. The van der Waals surface area contributed by atoms with Crippen molar-refractivity contribution in [3.05, 3.63) is 48.0 Å². The van der Waals surface area contributed by atoms with E-state index in [9.17, 15) is 4.79 Å². The van der Waals surface area contributed by atoms with E-state index in [1.807, 2.05) is 42.5 Å². The SMILES string of the molecule is COc1ccc(NCC(=O)NCCc2ccc(OC)c(OC)c2)cc1. The predicted octanol–water partition coefficient (Wildman–Crippen LogP) is 2.48. The lowest BCUT2D eigenvalue weighted by Crippen LogP contribution is -2.31. The molecule has 2 aromatic carbocycles. The van der Waals surface area contributed by atoms with Crippen molar-refractivity contribution in [2.24, 2.45) is 0 Å². The average molecular weight is 344 g/mol. The van der Waals surface area contributed by atoms with E-state index in [2.05, 4.69) is 10.6 Å². The van der Waals surface area contributed by atoms with Gasteiger partial charge in [0.15, 0.2) is 11.5 Å². The number of ether oxygens (including phenoxy) is 3. The number of carbonyl (C=O) groups excluding carboxylic acids is 1. The van der Waals surface area contributed by atoms with Crippen molar-refractivity contribution >= 4 is 11.6 Å². The van der Waals surface area contributed by atoms with Gasteiger partial charge in [0, 0.05) is 12.2 Å². The summed E-state index contributed by atoms with van der Waals surface area (Å²) in [5.74, 6) is 2.10. The normalized spacial score (nSPS) is 10.0. The Balaban J connectivity index is 1.74. The standard InChI is InChI=1S/C19H24N2O4/c1-23-16-7-5-15(6-8-16)21-13-19(22)20-11-10-14-4-9-17(24-2)18(12-14)25-3/h4-9,12,21H,10-11,13H2,1-3H3,(H,20,22). The van der Waals surface area contributed by atoms with Gasteiger partial charge in [0.1, 0.15) is 5.75 Å². The third-order valence-corrected chi connectivity index (χ3v) is 3.73. The summed E-state index contributed by atoms with van der Waals surface area (Å²) in [6.07, 6.45) is 0.717. The van der Waals surface area contributed by atoms with Gasteiger partial charge in [-0.1, -0.05) is 6.07 Å². The summed E-state index contributed by atoms with van der Waals surface area (Å²) >= 11 is 0. The first kappa shape index (κ1) is 18.4. The molecule has 0 saturated heterocycles. The molecule has 2 rings (SSSR count). The molecule has 0 aliphatic carbocycles. The van der Waals surface area contributed by atoms with Crippen molar-refractivity contribution in [3.8, 4) is 17.2 Å². The minimum Gasteiger partial charge on any atom is -0.497 e. The first-order valence-electron chi connectivity index (χ1n) is 8.01. The van der Waals surface area contributed by atoms with E-state index in [1.165, 1.54) is 0 Å². The minimum absolute atomic E-state index is 0.0590. The number of rotatable bonds is 9. The summed E-state index contributed by atoms with van der Waals surface area (Å²) in [5.41, 5.74) is 1.94. The molecule has 0 spiro atoms. The summed E-state index contributed by atoms with van der Waals surface area (Å²) in [4.78, 5) is 11.9. The molecule has 0 aromatic heterocycles. The van der Waals surface area contributed by atoms with Gasteiger partial charge in [-0.15, -0.1) is 0 Å². The quantitative estimate of drug-likeness (QED) is 0.731. The number of hydrogen-bond acceptors (Lipinski definition) is 5. The smallest absolute Gasteiger partial charge is 0.239 e. The number of carbonyl (C=O) groups is 1. The highest BCUT2D eigenvalue weighted by Crippen LogP contribution is 2.27. The summed E-state index contributed by atoms with van der Waals surface area (Å²) in [5, 5.41) is 5.97. The maximum atomic E-state index is 11.9. The molecule has 134 valence electrons. The van der Waals surface area contributed by atoms with Crippen LogP contribution in [-0.2, 0) is 11.2 Å². The van der Waals surface area contributed by atoms with Gasteiger partial charge in [-0.05, 0) is 48.4 Å². The van der Waals surface area contributed by atoms with Crippen LogP contribution in [0.2, 0.25) is 0 Å². The molecular formula is C19H24N2O4. The van der Waals surface area contributed by atoms with Crippen LogP contribution in [0.15, 0.2) is 42.5 Å². The molecule has 0 unspecified atom stereocenters. The molecule has 0 aliphatic rings. The van der Waals surface area contributed by atoms with Crippen molar-refractivity contribution in [1.82, 2.24) is 5.32 Å². The lowest BCUT2D eigenvalue weighted by molar-refractivity contribution is -0.119. The van der Waals surface area contributed by atoms with Crippen LogP contribution in [0.4, 0.5) is 5.69 Å². The molecule has 0 saturated carbocycles. The molecule has 6 nitrogen and oxygen atoms in total. The van der Waals surface area contributed by atoms with Crippen LogP contribution in [0.3, 0.4) is 0 Å². The molecule has 2 aromatic rings. The number of nitrogens with one attached hydrogen (secondary N) is 2. The fraction of sp³-hybridized carbons (Fsp3) is 0.316. The van der Waals surface area contributed by atoms with Gasteiger partial charge in [-0.25, -0.2) is 0 Å². The lowest BCUT2D eigenvalue weighted by Gasteiger charge is -2.11. The Morgan fingerprint density at radius 2 is 1.64 bits per heavy atom. The van der Waals surface area contributed by atoms with Crippen molar-refractivity contribution in [1.29, 1.82) is 0 Å². The van der Waals surface area contributed by atoms with Crippen molar-refractivity contribution in [2.75, 3.05) is 39.7 Å². The van der Waals surface area contributed by atoms with Crippen LogP contribution in [0.25, 0.3) is 0 Å². The van der Waals surface area contributed by atoms with Gasteiger partial charge < -0.3 is 24.8 Å². The number of anilines is 1. The fourth-order valence-corrected chi connectivity index (χ4v) is 2.34. The molecule has 0 radical (unpaired) electrons. The van der Waals surface area contributed by atoms with E-state index in [4.69, 9.17) is 14.2 Å². The molecule has 2 N–H and O–H groups in total. The third kappa shape index (κ3) is 5.60. The number of methoxy groups -OCH3 is 3. The van der Waals surface area contributed by atoms with Crippen LogP contribution >= 0.6 is 0 Å². The Morgan fingerprint density at radius 3 is 2.28 bits per heavy atom. The van der Waals surface area contributed by atoms with E-state index >= 15 is 0 Å². The highest BCUT2D eigenvalue weighted by atomic mass is 16.5. The fourth-order valence-electron chi connectivity index (χ4n) is 2.34. The second-order valence-electron chi connectivity index (χ2n) is 5.37. The topological polar surface area (TPSA) is 68.8 Å². The lowest BCUT2D eigenvalue weighted by atomic mass is 10.1. The molecule has 0 atom stereocenters. The van der Waals surface area contributed by atoms with Crippen molar-refractivity contribution < 1.29 is 19.0 Å². The van der Waals surface area contributed by atoms with Crippen LogP contribution in [0, 0.1) is 0 Å². The second-order valence-corrected chi connectivity index (χ2v) is 5.37. The summed E-state index contributed by atoms with van der Waals surface area (Å²) in [7, 11) is 4.83. The second kappa shape index (κ2) is 9.42. The van der Waals surface area contributed by atoms with E-state index in [0.717, 1.165) is 17.0 Å². The molecule has 1 amide bonds. The zero-order valence-electron chi connectivity index (χ0n) is 14.8. The van der Waals surface area contributed by atoms with Crippen LogP contribution in [-0.4, -0.2) is 40.3 Å². The predicted molar refractivity (Wildman–Crippen MR) is 97.7 cm³/mol. The van der Waals surface area contributed by atoms with Crippen molar-refractivity contribution in [2.45, 2.75) is 6.42 Å². The Kier molecular flexibility index (Phi) is 6.95. The van der Waals surface area contributed by atoms with E-state index < -0.39 is 0 Å². The Bertz CT molecular complexity index is 686. The summed E-state index contributed by atoms with van der Waals surface area (Å²) in [6, 6.07) is 13.2. The minimum atomic E-state index is -0.0590. The summed E-state index contributed by atoms with van der Waals surface area (Å²) in [6.45, 7) is 0.775. The van der Waals surface area contributed by atoms with E-state index in [1.54, 1.807) is 21.3 Å². The number of benzene rings is 2. The maximum Gasteiger partial charge on any atom is 0.239 e. The Morgan fingerprint density at radius 1 is 0.920 bits per heavy atom. The molecule has 6 heteroatoms. The highest BCUT2D eigenvalue weighted by molar-refractivity contribution is 5.80. The first-order valence-corrected chi connectivity index (χ1v) is 8.01. The number of amides is 1. The van der Waals surface area contributed by atoms with Gasteiger partial charge in [-0.2, -0.15) is 0 Å². The zero-order chi connectivity index (χ0) is 18.1. The van der Waals surface area contributed by atoms with Crippen LogP contribution in [0.5, 0.6) is 17.2 Å². The van der Waals surface area contributed by atoms with E-state index in [0.29, 0.717) is 24.5 Å². The molecule has 0 bridgehead atoms. The van der Waals surface area contributed by atoms with Gasteiger partial charge in [0.25, 0.3) is 0 Å². The monoisotopic (exact) mass is 344 g/mol. The Hall–Kier alpha value is -2.89. The van der Waals surface area contributed by atoms with Crippen molar-refractivity contribution in [3.63, 3.8) is 0 Å². The van der Waals surface area contributed by atoms with Gasteiger partial charge in [0.2, 0.25) is 5.91 Å². The summed E-state index contributed by atoms with van der Waals surface area (Å²) < 4.78 is 15.6. The molecule has 0 heterocycles. The van der Waals surface area contributed by atoms with E-state index in [-0.39, 0.29) is 12.5 Å². The molecule has 0 aliphatic heterocycles. The van der Waals surface area contributed by atoms with Crippen LogP contribution in [0.1, 0.15) is 5.56 Å². The van der Waals surface area contributed by atoms with Gasteiger partial charge >= 0.3 is 0 Å². The zero-order valence-corrected chi connectivity index (χ0v) is 14.8. The average Bonchev–Trinajstić information content (AvgIpc) is 2.66. The first-order chi connectivity index (χ1) is 12.2. The molecular weight excluding hydrogens is 320 g/mol. The largest absolute Gasteiger partial charge is 0.497 e. The molecule has 25 heavy (non-hydrogen) atoms. The van der Waals surface area contributed by atoms with Crippen LogP contribution < -0.4 is 24.8 Å². The maximum absolute atomic E-state index is 11.9.